The van der Waals surface area contributed by atoms with Crippen molar-refractivity contribution in [3.63, 3.8) is 0 Å². The van der Waals surface area contributed by atoms with Gasteiger partial charge in [0.15, 0.2) is 0 Å². The van der Waals surface area contributed by atoms with Crippen LogP contribution in [0.1, 0.15) is 18.4 Å². The first-order valence-electron chi connectivity index (χ1n) is 7.41. The highest BCUT2D eigenvalue weighted by Gasteiger charge is 2.17. The van der Waals surface area contributed by atoms with Crippen LogP contribution in [0, 0.1) is 23.7 Å². The molecule has 1 fully saturated rings. The Morgan fingerprint density at radius 1 is 1.52 bits per heavy atom. The Labute approximate surface area is 135 Å². The number of para-hydroxylation sites is 1. The Morgan fingerprint density at radius 2 is 2.35 bits per heavy atom. The van der Waals surface area contributed by atoms with Gasteiger partial charge in [-0.15, -0.1) is 6.42 Å². The normalized spacial score (nSPS) is 17.1. The molecular formula is C18H18N2O3. The molecule has 1 amide bonds. The summed E-state index contributed by atoms with van der Waals surface area (Å²) < 4.78 is 10.9. The Balaban J connectivity index is 2.07. The molecule has 118 valence electrons. The SMILES string of the molecule is C#CCOc1ccccc1/C=C(\C#N)C(=O)NCC1CCCO1. The van der Waals surface area contributed by atoms with E-state index >= 15 is 0 Å². The number of amides is 1. The lowest BCUT2D eigenvalue weighted by Gasteiger charge is -2.10. The number of nitrogens with one attached hydrogen (secondary N) is 1. The van der Waals surface area contributed by atoms with Crippen LogP contribution in [0.2, 0.25) is 0 Å². The van der Waals surface area contributed by atoms with Gasteiger partial charge in [-0.3, -0.25) is 4.79 Å². The minimum absolute atomic E-state index is 0.0137. The number of terminal acetylenes is 1. The Kier molecular flexibility index (Phi) is 6.23. The molecule has 0 saturated carbocycles. The number of ether oxygens (including phenoxy) is 2. The number of rotatable bonds is 6. The van der Waals surface area contributed by atoms with E-state index in [-0.39, 0.29) is 18.3 Å². The van der Waals surface area contributed by atoms with Crippen LogP contribution in [-0.2, 0) is 9.53 Å². The minimum atomic E-state index is -0.422. The van der Waals surface area contributed by atoms with Gasteiger partial charge in [-0.05, 0) is 25.0 Å². The monoisotopic (exact) mass is 310 g/mol. The van der Waals surface area contributed by atoms with Crippen LogP contribution < -0.4 is 10.1 Å². The second-order valence-corrected chi connectivity index (χ2v) is 5.05. The Hall–Kier alpha value is -2.76. The maximum atomic E-state index is 12.1. The van der Waals surface area contributed by atoms with Crippen molar-refractivity contribution in [2.75, 3.05) is 19.8 Å². The molecule has 0 aliphatic carbocycles. The van der Waals surface area contributed by atoms with Crippen LogP contribution in [0.3, 0.4) is 0 Å². The zero-order valence-electron chi connectivity index (χ0n) is 12.7. The molecule has 1 aromatic rings. The molecule has 1 heterocycles. The molecule has 5 nitrogen and oxygen atoms in total. The summed E-state index contributed by atoms with van der Waals surface area (Å²) >= 11 is 0. The first-order chi connectivity index (χ1) is 11.2. The minimum Gasteiger partial charge on any atom is -0.480 e. The van der Waals surface area contributed by atoms with Crippen LogP contribution in [-0.4, -0.2) is 31.8 Å². The molecule has 5 heteroatoms. The van der Waals surface area contributed by atoms with Crippen molar-refractivity contribution < 1.29 is 14.3 Å². The van der Waals surface area contributed by atoms with Gasteiger partial charge < -0.3 is 14.8 Å². The lowest BCUT2D eigenvalue weighted by molar-refractivity contribution is -0.117. The van der Waals surface area contributed by atoms with Crippen LogP contribution >= 0.6 is 0 Å². The van der Waals surface area contributed by atoms with Crippen LogP contribution in [0.25, 0.3) is 6.08 Å². The molecule has 1 saturated heterocycles. The van der Waals surface area contributed by atoms with Gasteiger partial charge in [0.2, 0.25) is 0 Å². The van der Waals surface area contributed by atoms with Crippen molar-refractivity contribution >= 4 is 12.0 Å². The molecule has 0 bridgehead atoms. The molecule has 1 atom stereocenters. The van der Waals surface area contributed by atoms with E-state index < -0.39 is 5.91 Å². The third-order valence-electron chi connectivity index (χ3n) is 3.41. The van der Waals surface area contributed by atoms with Crippen molar-refractivity contribution in [1.82, 2.24) is 5.32 Å². The summed E-state index contributed by atoms with van der Waals surface area (Å²) in [6.45, 7) is 1.26. The van der Waals surface area contributed by atoms with Crippen molar-refractivity contribution in [2.45, 2.75) is 18.9 Å². The number of nitriles is 1. The number of hydrogen-bond donors (Lipinski definition) is 1. The van der Waals surface area contributed by atoms with Crippen LogP contribution in [0.4, 0.5) is 0 Å². The van der Waals surface area contributed by atoms with Gasteiger partial charge in [-0.25, -0.2) is 0 Å². The second kappa shape index (κ2) is 8.63. The maximum Gasteiger partial charge on any atom is 0.262 e. The van der Waals surface area contributed by atoms with Gasteiger partial charge in [0.1, 0.15) is 24.0 Å². The quantitative estimate of drug-likeness (QED) is 0.495. The molecule has 23 heavy (non-hydrogen) atoms. The third-order valence-corrected chi connectivity index (χ3v) is 3.41. The second-order valence-electron chi connectivity index (χ2n) is 5.05. The van der Waals surface area contributed by atoms with Crippen molar-refractivity contribution in [3.05, 3.63) is 35.4 Å². The van der Waals surface area contributed by atoms with E-state index in [0.29, 0.717) is 17.9 Å². The molecule has 1 aromatic carbocycles. The molecule has 1 N–H and O–H groups in total. The molecule has 0 spiro atoms. The average molecular weight is 310 g/mol. The standard InChI is InChI=1S/C18H18N2O3/c1-2-9-23-17-8-4-3-6-14(17)11-15(12-19)18(21)20-13-16-7-5-10-22-16/h1,3-4,6,8,11,16H,5,7,9-10,13H2,(H,20,21)/b15-11+. The summed E-state index contributed by atoms with van der Waals surface area (Å²) in [4.78, 5) is 12.1. The van der Waals surface area contributed by atoms with Crippen LogP contribution in [0.15, 0.2) is 29.8 Å². The summed E-state index contributed by atoms with van der Waals surface area (Å²) in [7, 11) is 0. The zero-order chi connectivity index (χ0) is 16.5. The highest BCUT2D eigenvalue weighted by atomic mass is 16.5. The molecule has 1 aliphatic heterocycles. The van der Waals surface area contributed by atoms with Gasteiger partial charge in [0, 0.05) is 18.7 Å². The number of carbonyl (C=O) groups excluding carboxylic acids is 1. The highest BCUT2D eigenvalue weighted by Crippen LogP contribution is 2.21. The smallest absolute Gasteiger partial charge is 0.262 e. The van der Waals surface area contributed by atoms with Crippen molar-refractivity contribution in [3.8, 4) is 24.2 Å². The fourth-order valence-corrected chi connectivity index (χ4v) is 2.26. The number of carbonyl (C=O) groups is 1. The molecule has 0 radical (unpaired) electrons. The summed E-state index contributed by atoms with van der Waals surface area (Å²) in [5.41, 5.74) is 0.645. The van der Waals surface area contributed by atoms with Crippen LogP contribution in [0.5, 0.6) is 5.75 Å². The van der Waals surface area contributed by atoms with E-state index in [2.05, 4.69) is 11.2 Å². The first-order valence-corrected chi connectivity index (χ1v) is 7.41. The van der Waals surface area contributed by atoms with E-state index in [9.17, 15) is 10.1 Å². The van der Waals surface area contributed by atoms with Gasteiger partial charge in [0.05, 0.1) is 6.10 Å². The first kappa shape index (κ1) is 16.6. The molecule has 1 unspecified atom stereocenters. The Morgan fingerprint density at radius 3 is 3.04 bits per heavy atom. The summed E-state index contributed by atoms with van der Waals surface area (Å²) in [6.07, 6.45) is 8.64. The van der Waals surface area contributed by atoms with E-state index in [0.717, 1.165) is 19.4 Å². The number of benzene rings is 1. The molecule has 2 rings (SSSR count). The summed E-state index contributed by atoms with van der Waals surface area (Å²) in [5, 5.41) is 12.0. The largest absolute Gasteiger partial charge is 0.480 e. The topological polar surface area (TPSA) is 71.3 Å². The average Bonchev–Trinajstić information content (AvgIpc) is 3.10. The lowest BCUT2D eigenvalue weighted by Crippen LogP contribution is -2.32. The van der Waals surface area contributed by atoms with E-state index in [4.69, 9.17) is 15.9 Å². The van der Waals surface area contributed by atoms with Gasteiger partial charge in [-0.1, -0.05) is 24.1 Å². The van der Waals surface area contributed by atoms with Crippen molar-refractivity contribution in [2.24, 2.45) is 0 Å². The molecular weight excluding hydrogens is 292 g/mol. The number of nitrogens with zero attached hydrogens (tertiary/aromatic N) is 1. The molecule has 1 aliphatic rings. The molecule has 0 aromatic heterocycles. The van der Waals surface area contributed by atoms with Gasteiger partial charge in [0.25, 0.3) is 5.91 Å². The summed E-state index contributed by atoms with van der Waals surface area (Å²) in [5.74, 6) is 2.49. The predicted molar refractivity (Wildman–Crippen MR) is 86.3 cm³/mol. The van der Waals surface area contributed by atoms with E-state index in [1.807, 2.05) is 6.07 Å². The van der Waals surface area contributed by atoms with Crippen molar-refractivity contribution in [1.29, 1.82) is 5.26 Å². The Bertz CT molecular complexity index is 662. The van der Waals surface area contributed by atoms with E-state index in [1.54, 1.807) is 24.3 Å². The lowest BCUT2D eigenvalue weighted by atomic mass is 10.1. The predicted octanol–water partition coefficient (Wildman–Crippen LogP) is 1.90. The fourth-order valence-electron chi connectivity index (χ4n) is 2.26. The van der Waals surface area contributed by atoms with Gasteiger partial charge in [-0.2, -0.15) is 5.26 Å². The zero-order valence-corrected chi connectivity index (χ0v) is 12.7. The maximum absolute atomic E-state index is 12.1. The third kappa shape index (κ3) is 4.88. The van der Waals surface area contributed by atoms with E-state index in [1.165, 1.54) is 6.08 Å². The fraction of sp³-hybridized carbons (Fsp3) is 0.333. The highest BCUT2D eigenvalue weighted by molar-refractivity contribution is 6.01. The summed E-state index contributed by atoms with van der Waals surface area (Å²) in [6, 6.07) is 9.02. The number of hydrogen-bond acceptors (Lipinski definition) is 4. The van der Waals surface area contributed by atoms with Gasteiger partial charge >= 0.3 is 0 Å².